The van der Waals surface area contributed by atoms with Crippen molar-refractivity contribution in [1.82, 2.24) is 10.2 Å². The fourth-order valence-electron chi connectivity index (χ4n) is 3.68. The van der Waals surface area contributed by atoms with Crippen LogP contribution < -0.4 is 5.32 Å². The molecular weight excluding hydrogens is 347 g/mol. The summed E-state index contributed by atoms with van der Waals surface area (Å²) >= 11 is 0. The van der Waals surface area contributed by atoms with Crippen LogP contribution in [-0.2, 0) is 9.47 Å². The number of nitrogens with zero attached hydrogens (tertiary/aromatic N) is 1. The second-order valence-corrected chi connectivity index (χ2v) is 6.92. The summed E-state index contributed by atoms with van der Waals surface area (Å²) < 4.78 is 24.2. The maximum absolute atomic E-state index is 13.1. The molecule has 0 spiro atoms. The van der Waals surface area contributed by atoms with Crippen LogP contribution in [0.25, 0.3) is 11.1 Å². The number of benzene rings is 2. The van der Waals surface area contributed by atoms with Crippen LogP contribution in [0.2, 0.25) is 0 Å². The van der Waals surface area contributed by atoms with E-state index in [9.17, 15) is 9.18 Å². The third-order valence-corrected chi connectivity index (χ3v) is 5.18. The number of carbonyl (C=O) groups is 1. The first-order valence-corrected chi connectivity index (χ1v) is 9.27. The highest BCUT2D eigenvalue weighted by molar-refractivity contribution is 5.95. The Labute approximate surface area is 158 Å². The Hall–Kier alpha value is -2.28. The van der Waals surface area contributed by atoms with Crippen molar-refractivity contribution in [3.8, 4) is 11.1 Å². The van der Waals surface area contributed by atoms with E-state index >= 15 is 0 Å². The first kappa shape index (κ1) is 18.1. The molecule has 0 bridgehead atoms. The number of ether oxygens (including phenoxy) is 2. The topological polar surface area (TPSA) is 50.8 Å². The van der Waals surface area contributed by atoms with E-state index in [0.29, 0.717) is 18.8 Å². The molecule has 1 N–H and O–H groups in total. The summed E-state index contributed by atoms with van der Waals surface area (Å²) in [5.41, 5.74) is 2.35. The van der Waals surface area contributed by atoms with Gasteiger partial charge in [0.05, 0.1) is 38.5 Å². The van der Waals surface area contributed by atoms with E-state index in [1.54, 1.807) is 18.2 Å². The second kappa shape index (κ2) is 8.17. The van der Waals surface area contributed by atoms with E-state index in [4.69, 9.17) is 9.47 Å². The van der Waals surface area contributed by atoms with Crippen molar-refractivity contribution < 1.29 is 18.7 Å². The van der Waals surface area contributed by atoms with Gasteiger partial charge in [-0.15, -0.1) is 0 Å². The number of hydrogen-bond donors (Lipinski definition) is 1. The first-order valence-electron chi connectivity index (χ1n) is 9.27. The minimum Gasteiger partial charge on any atom is -0.379 e. The predicted octanol–water partition coefficient (Wildman–Crippen LogP) is 2.32. The van der Waals surface area contributed by atoms with Crippen LogP contribution >= 0.6 is 0 Å². The summed E-state index contributed by atoms with van der Waals surface area (Å²) in [7, 11) is 0. The average molecular weight is 370 g/mol. The lowest BCUT2D eigenvalue weighted by atomic mass is 10.0. The van der Waals surface area contributed by atoms with E-state index in [1.165, 1.54) is 12.1 Å². The molecule has 6 heteroatoms. The number of halogens is 1. The van der Waals surface area contributed by atoms with Crippen LogP contribution in [-0.4, -0.2) is 62.4 Å². The van der Waals surface area contributed by atoms with Crippen LogP contribution in [0.5, 0.6) is 0 Å². The van der Waals surface area contributed by atoms with Crippen LogP contribution in [0, 0.1) is 5.82 Å². The summed E-state index contributed by atoms with van der Waals surface area (Å²) in [5, 5.41) is 3.12. The number of amides is 1. The highest BCUT2D eigenvalue weighted by Gasteiger charge is 2.35. The number of nitrogens with one attached hydrogen (secondary N) is 1. The molecule has 2 saturated heterocycles. The zero-order valence-electron chi connectivity index (χ0n) is 15.1. The Kier molecular flexibility index (Phi) is 5.48. The second-order valence-electron chi connectivity index (χ2n) is 6.92. The molecule has 1 amide bonds. The lowest BCUT2D eigenvalue weighted by Gasteiger charge is -2.34. The van der Waals surface area contributed by atoms with Crippen LogP contribution in [0.15, 0.2) is 48.5 Å². The molecule has 0 unspecified atom stereocenters. The van der Waals surface area contributed by atoms with Gasteiger partial charge < -0.3 is 14.8 Å². The first-order chi connectivity index (χ1) is 13.2. The van der Waals surface area contributed by atoms with Crippen molar-refractivity contribution in [1.29, 1.82) is 0 Å². The fraction of sp³-hybridized carbons (Fsp3) is 0.381. The molecular formula is C21H23FN2O3. The van der Waals surface area contributed by atoms with Crippen molar-refractivity contribution in [2.24, 2.45) is 0 Å². The third kappa shape index (κ3) is 4.18. The van der Waals surface area contributed by atoms with Gasteiger partial charge in [-0.2, -0.15) is 0 Å². The van der Waals surface area contributed by atoms with Gasteiger partial charge in [-0.1, -0.05) is 24.3 Å². The standard InChI is InChI=1S/C21H23FN2O3/c22-18-6-4-15(5-7-18)16-2-1-3-17(12-16)21(25)23-19-13-27-14-20(19)24-8-10-26-11-9-24/h1-7,12,19-20H,8-11,13-14H2,(H,23,25)/t19-,20-/m0/s1. The fourth-order valence-corrected chi connectivity index (χ4v) is 3.68. The third-order valence-electron chi connectivity index (χ3n) is 5.18. The van der Waals surface area contributed by atoms with E-state index in [2.05, 4.69) is 10.2 Å². The van der Waals surface area contributed by atoms with Gasteiger partial charge in [0.15, 0.2) is 0 Å². The van der Waals surface area contributed by atoms with Crippen LogP contribution in [0.3, 0.4) is 0 Å². The molecule has 27 heavy (non-hydrogen) atoms. The molecule has 0 radical (unpaired) electrons. The Morgan fingerprint density at radius 1 is 1.00 bits per heavy atom. The number of morpholine rings is 1. The van der Waals surface area contributed by atoms with Crippen molar-refractivity contribution in [2.45, 2.75) is 12.1 Å². The molecule has 0 saturated carbocycles. The van der Waals surface area contributed by atoms with E-state index in [1.807, 2.05) is 18.2 Å². The molecule has 5 nitrogen and oxygen atoms in total. The van der Waals surface area contributed by atoms with Crippen LogP contribution in [0.4, 0.5) is 4.39 Å². The normalized spacial score (nSPS) is 23.3. The molecule has 2 aromatic carbocycles. The van der Waals surface area contributed by atoms with E-state index < -0.39 is 0 Å². The summed E-state index contributed by atoms with van der Waals surface area (Å²) in [6, 6.07) is 13.8. The van der Waals surface area contributed by atoms with Crippen LogP contribution in [0.1, 0.15) is 10.4 Å². The van der Waals surface area contributed by atoms with Gasteiger partial charge in [0.1, 0.15) is 5.82 Å². The zero-order valence-corrected chi connectivity index (χ0v) is 15.1. The Bertz CT molecular complexity index is 790. The van der Waals surface area contributed by atoms with Gasteiger partial charge in [0, 0.05) is 18.7 Å². The van der Waals surface area contributed by atoms with Crippen molar-refractivity contribution in [2.75, 3.05) is 39.5 Å². The van der Waals surface area contributed by atoms with Gasteiger partial charge in [-0.05, 0) is 35.4 Å². The van der Waals surface area contributed by atoms with Gasteiger partial charge in [-0.3, -0.25) is 9.69 Å². The summed E-state index contributed by atoms with van der Waals surface area (Å²) in [4.78, 5) is 15.1. The highest BCUT2D eigenvalue weighted by atomic mass is 19.1. The lowest BCUT2D eigenvalue weighted by molar-refractivity contribution is 0.0108. The molecule has 2 fully saturated rings. The van der Waals surface area contributed by atoms with Gasteiger partial charge in [0.2, 0.25) is 0 Å². The minimum absolute atomic E-state index is 0.0370. The van der Waals surface area contributed by atoms with Gasteiger partial charge in [0.25, 0.3) is 5.91 Å². The summed E-state index contributed by atoms with van der Waals surface area (Å²) in [6.45, 7) is 4.31. The zero-order chi connectivity index (χ0) is 18.6. The monoisotopic (exact) mass is 370 g/mol. The quantitative estimate of drug-likeness (QED) is 0.898. The van der Waals surface area contributed by atoms with E-state index in [0.717, 1.165) is 37.4 Å². The Balaban J connectivity index is 1.46. The smallest absolute Gasteiger partial charge is 0.251 e. The lowest BCUT2D eigenvalue weighted by Crippen LogP contribution is -2.54. The molecule has 2 atom stereocenters. The molecule has 2 aliphatic rings. The number of rotatable bonds is 4. The van der Waals surface area contributed by atoms with Crippen molar-refractivity contribution >= 4 is 5.91 Å². The molecule has 0 aliphatic carbocycles. The Morgan fingerprint density at radius 3 is 2.56 bits per heavy atom. The van der Waals surface area contributed by atoms with Gasteiger partial charge in [-0.25, -0.2) is 4.39 Å². The molecule has 4 rings (SSSR count). The SMILES string of the molecule is O=C(N[C@H]1COC[C@@H]1N1CCOCC1)c1cccc(-c2ccc(F)cc2)c1. The van der Waals surface area contributed by atoms with E-state index in [-0.39, 0.29) is 23.8 Å². The molecule has 2 aliphatic heterocycles. The Morgan fingerprint density at radius 2 is 1.78 bits per heavy atom. The van der Waals surface area contributed by atoms with Gasteiger partial charge >= 0.3 is 0 Å². The molecule has 0 aromatic heterocycles. The maximum atomic E-state index is 13.1. The maximum Gasteiger partial charge on any atom is 0.251 e. The summed E-state index contributed by atoms with van der Waals surface area (Å²) in [6.07, 6.45) is 0. The molecule has 2 aromatic rings. The number of carbonyl (C=O) groups excluding carboxylic acids is 1. The van der Waals surface area contributed by atoms with Crippen molar-refractivity contribution in [3.63, 3.8) is 0 Å². The largest absolute Gasteiger partial charge is 0.379 e. The molecule has 142 valence electrons. The highest BCUT2D eigenvalue weighted by Crippen LogP contribution is 2.21. The molecule has 2 heterocycles. The van der Waals surface area contributed by atoms with Crippen molar-refractivity contribution in [3.05, 3.63) is 59.9 Å². The minimum atomic E-state index is -0.275. The number of hydrogen-bond acceptors (Lipinski definition) is 4. The summed E-state index contributed by atoms with van der Waals surface area (Å²) in [5.74, 6) is -0.393. The average Bonchev–Trinajstić information content (AvgIpc) is 3.17. The predicted molar refractivity (Wildman–Crippen MR) is 100 cm³/mol.